The van der Waals surface area contributed by atoms with E-state index >= 15 is 0 Å². The van der Waals surface area contributed by atoms with Crippen LogP contribution >= 0.6 is 0 Å². The summed E-state index contributed by atoms with van der Waals surface area (Å²) in [5, 5.41) is 20.7. The summed E-state index contributed by atoms with van der Waals surface area (Å²) in [6, 6.07) is 0. The Labute approximate surface area is 59.4 Å². The first kappa shape index (κ1) is 6.19. The van der Waals surface area contributed by atoms with Crippen molar-refractivity contribution in [2.45, 2.75) is 6.42 Å². The molecular weight excluding hydrogens is 130 g/mol. The fourth-order valence-corrected chi connectivity index (χ4v) is 1.67. The van der Waals surface area contributed by atoms with Gasteiger partial charge in [-0.1, -0.05) is 0 Å². The maximum Gasteiger partial charge on any atom is 0.0514 e. The molecule has 3 nitrogen and oxygen atoms in total. The molecule has 2 rings (SSSR count). The Bertz CT molecular complexity index is 170. The van der Waals surface area contributed by atoms with Crippen LogP contribution in [0, 0.1) is 11.8 Å². The van der Waals surface area contributed by atoms with Gasteiger partial charge in [-0.05, 0) is 6.42 Å². The molecular formula is C7H11NO2. The van der Waals surface area contributed by atoms with E-state index in [1.54, 1.807) is 0 Å². The van der Waals surface area contributed by atoms with Crippen LogP contribution in [0.4, 0.5) is 0 Å². The van der Waals surface area contributed by atoms with Gasteiger partial charge in [0.15, 0.2) is 0 Å². The average molecular weight is 141 g/mol. The van der Waals surface area contributed by atoms with Gasteiger partial charge in [0.2, 0.25) is 0 Å². The second-order valence-electron chi connectivity index (χ2n) is 2.95. The van der Waals surface area contributed by atoms with Crippen LogP contribution in [0.5, 0.6) is 0 Å². The van der Waals surface area contributed by atoms with E-state index < -0.39 is 0 Å². The molecule has 1 heterocycles. The zero-order chi connectivity index (χ0) is 7.14. The molecule has 0 bridgehead atoms. The highest BCUT2D eigenvalue weighted by Crippen LogP contribution is 2.42. The number of aliphatic hydroxyl groups excluding tert-OH is 2. The molecule has 0 saturated carbocycles. The van der Waals surface area contributed by atoms with E-state index in [1.165, 1.54) is 11.4 Å². The van der Waals surface area contributed by atoms with Crippen molar-refractivity contribution in [3.05, 3.63) is 11.4 Å². The van der Waals surface area contributed by atoms with E-state index in [9.17, 15) is 0 Å². The molecule has 0 saturated heterocycles. The Morgan fingerprint density at radius 3 is 2.00 bits per heavy atom. The fraction of sp³-hybridized carbons (Fsp3) is 0.714. The van der Waals surface area contributed by atoms with E-state index in [2.05, 4.69) is 5.32 Å². The van der Waals surface area contributed by atoms with Crippen LogP contribution in [0.15, 0.2) is 11.4 Å². The van der Waals surface area contributed by atoms with Crippen molar-refractivity contribution in [1.29, 1.82) is 0 Å². The van der Waals surface area contributed by atoms with E-state index in [4.69, 9.17) is 10.2 Å². The van der Waals surface area contributed by atoms with Crippen LogP contribution in [-0.2, 0) is 0 Å². The van der Waals surface area contributed by atoms with E-state index in [1.807, 2.05) is 0 Å². The van der Waals surface area contributed by atoms with Gasteiger partial charge in [0.05, 0.1) is 13.2 Å². The highest BCUT2D eigenvalue weighted by atomic mass is 16.3. The molecule has 0 spiro atoms. The fourth-order valence-electron chi connectivity index (χ4n) is 1.67. The minimum Gasteiger partial charge on any atom is -0.396 e. The van der Waals surface area contributed by atoms with E-state index in [0.29, 0.717) is 0 Å². The number of aliphatic hydroxyl groups is 2. The SMILES string of the molecule is OCC1CC(CO)C2=C1N2. The molecule has 2 aliphatic rings. The van der Waals surface area contributed by atoms with Gasteiger partial charge in [-0.25, -0.2) is 0 Å². The van der Waals surface area contributed by atoms with Crippen molar-refractivity contribution < 1.29 is 10.2 Å². The minimum absolute atomic E-state index is 0.211. The summed E-state index contributed by atoms with van der Waals surface area (Å²) < 4.78 is 0. The maximum atomic E-state index is 8.82. The lowest BCUT2D eigenvalue weighted by Crippen LogP contribution is -2.17. The van der Waals surface area contributed by atoms with Crippen LogP contribution in [-0.4, -0.2) is 23.4 Å². The first-order valence-electron chi connectivity index (χ1n) is 3.59. The van der Waals surface area contributed by atoms with Gasteiger partial charge in [-0.2, -0.15) is 0 Å². The summed E-state index contributed by atoms with van der Waals surface area (Å²) in [6.07, 6.45) is 0.921. The largest absolute Gasteiger partial charge is 0.396 e. The van der Waals surface area contributed by atoms with Crippen molar-refractivity contribution in [2.24, 2.45) is 11.8 Å². The minimum atomic E-state index is 0.211. The maximum absolute atomic E-state index is 8.82. The van der Waals surface area contributed by atoms with Crippen molar-refractivity contribution >= 4 is 0 Å². The second kappa shape index (κ2) is 1.97. The molecule has 10 heavy (non-hydrogen) atoms. The highest BCUT2D eigenvalue weighted by molar-refractivity contribution is 5.39. The number of hydrogen-bond acceptors (Lipinski definition) is 3. The third-order valence-electron chi connectivity index (χ3n) is 2.32. The van der Waals surface area contributed by atoms with Gasteiger partial charge in [0.1, 0.15) is 0 Å². The Morgan fingerprint density at radius 2 is 1.70 bits per heavy atom. The van der Waals surface area contributed by atoms with Gasteiger partial charge in [0, 0.05) is 23.2 Å². The molecule has 56 valence electrons. The molecule has 0 radical (unpaired) electrons. The van der Waals surface area contributed by atoms with E-state index in [0.717, 1.165) is 6.42 Å². The lowest BCUT2D eigenvalue weighted by Gasteiger charge is -2.13. The van der Waals surface area contributed by atoms with Crippen LogP contribution in [0.1, 0.15) is 6.42 Å². The van der Waals surface area contributed by atoms with Gasteiger partial charge < -0.3 is 15.5 Å². The van der Waals surface area contributed by atoms with Gasteiger partial charge >= 0.3 is 0 Å². The molecule has 2 atom stereocenters. The zero-order valence-corrected chi connectivity index (χ0v) is 5.67. The standard InChI is InChI=1S/C7H11NO2/c9-2-4-1-5(3-10)7-6(4)8-7/h4-5,8-10H,1-3H2. The number of hydrogen-bond donors (Lipinski definition) is 3. The van der Waals surface area contributed by atoms with Gasteiger partial charge in [0.25, 0.3) is 0 Å². The molecule has 0 fully saturated rings. The molecule has 0 amide bonds. The van der Waals surface area contributed by atoms with Crippen LogP contribution in [0.2, 0.25) is 0 Å². The van der Waals surface area contributed by atoms with Crippen LogP contribution < -0.4 is 5.32 Å². The predicted molar refractivity (Wildman–Crippen MR) is 35.9 cm³/mol. The van der Waals surface area contributed by atoms with Gasteiger partial charge in [-0.3, -0.25) is 0 Å². The average Bonchev–Trinajstić information content (AvgIpc) is 2.67. The third kappa shape index (κ3) is 0.676. The highest BCUT2D eigenvalue weighted by Gasteiger charge is 2.41. The summed E-state index contributed by atoms with van der Waals surface area (Å²) >= 11 is 0. The molecule has 2 unspecified atom stereocenters. The third-order valence-corrected chi connectivity index (χ3v) is 2.32. The number of nitrogens with one attached hydrogen (secondary N) is 1. The van der Waals surface area contributed by atoms with Crippen LogP contribution in [0.25, 0.3) is 0 Å². The normalized spacial score (nSPS) is 35.8. The molecule has 0 aromatic heterocycles. The second-order valence-corrected chi connectivity index (χ2v) is 2.95. The lowest BCUT2D eigenvalue weighted by atomic mass is 10.0. The number of piperidine rings is 1. The molecule has 1 aliphatic carbocycles. The Balaban J connectivity index is 2.05. The molecule has 0 aromatic carbocycles. The lowest BCUT2D eigenvalue weighted by molar-refractivity contribution is 0.197. The topological polar surface area (TPSA) is 62.4 Å². The van der Waals surface area contributed by atoms with Gasteiger partial charge in [-0.15, -0.1) is 0 Å². The summed E-state index contributed by atoms with van der Waals surface area (Å²) in [7, 11) is 0. The Morgan fingerprint density at radius 1 is 1.20 bits per heavy atom. The smallest absolute Gasteiger partial charge is 0.0514 e. The summed E-state index contributed by atoms with van der Waals surface area (Å²) in [5.74, 6) is 0.569. The first-order valence-corrected chi connectivity index (χ1v) is 3.59. The molecule has 3 N–H and O–H groups in total. The quantitative estimate of drug-likeness (QED) is 0.482. The van der Waals surface area contributed by atoms with Crippen molar-refractivity contribution in [3.8, 4) is 0 Å². The zero-order valence-electron chi connectivity index (χ0n) is 5.67. The molecule has 3 heteroatoms. The monoisotopic (exact) mass is 141 g/mol. The summed E-state index contributed by atoms with van der Waals surface area (Å²) in [4.78, 5) is 0. The Kier molecular flexibility index (Phi) is 1.22. The molecule has 0 aromatic rings. The predicted octanol–water partition coefficient (Wildman–Crippen LogP) is -0.578. The first-order chi connectivity index (χ1) is 4.86. The van der Waals surface area contributed by atoms with Crippen LogP contribution in [0.3, 0.4) is 0 Å². The van der Waals surface area contributed by atoms with Crippen molar-refractivity contribution in [2.75, 3.05) is 13.2 Å². The van der Waals surface area contributed by atoms with Crippen molar-refractivity contribution in [1.82, 2.24) is 5.32 Å². The number of rotatable bonds is 2. The van der Waals surface area contributed by atoms with Crippen molar-refractivity contribution in [3.63, 3.8) is 0 Å². The summed E-state index contributed by atoms with van der Waals surface area (Å²) in [6.45, 7) is 0.421. The summed E-state index contributed by atoms with van der Waals surface area (Å²) in [5.41, 5.74) is 2.36. The van der Waals surface area contributed by atoms with E-state index in [-0.39, 0.29) is 25.0 Å². The molecule has 1 aliphatic heterocycles. The Hall–Kier alpha value is -0.540.